The Hall–Kier alpha value is 0.620. The molecule has 1 aromatic rings. The molecule has 0 N–H and O–H groups in total. The summed E-state index contributed by atoms with van der Waals surface area (Å²) < 4.78 is 8.02. The number of rotatable bonds is 2. The SMILES string of the molecule is CC1CCOC1C(Br)c1cc(Br)ccc1Br. The third kappa shape index (κ3) is 2.71. The van der Waals surface area contributed by atoms with Crippen molar-refractivity contribution < 1.29 is 4.74 Å². The van der Waals surface area contributed by atoms with Crippen LogP contribution in [0.5, 0.6) is 0 Å². The highest BCUT2D eigenvalue weighted by Gasteiger charge is 2.32. The Labute approximate surface area is 121 Å². The molecular weight excluding hydrogens is 400 g/mol. The van der Waals surface area contributed by atoms with Crippen molar-refractivity contribution in [1.29, 1.82) is 0 Å². The maximum atomic E-state index is 5.79. The molecule has 4 heteroatoms. The van der Waals surface area contributed by atoms with E-state index in [-0.39, 0.29) is 10.9 Å². The molecule has 1 saturated heterocycles. The summed E-state index contributed by atoms with van der Waals surface area (Å²) in [6.45, 7) is 3.12. The highest BCUT2D eigenvalue weighted by Crippen LogP contribution is 2.40. The lowest BCUT2D eigenvalue weighted by molar-refractivity contribution is 0.0933. The quantitative estimate of drug-likeness (QED) is 0.616. The van der Waals surface area contributed by atoms with Crippen molar-refractivity contribution in [3.63, 3.8) is 0 Å². The predicted molar refractivity (Wildman–Crippen MR) is 77.0 cm³/mol. The van der Waals surface area contributed by atoms with Gasteiger partial charge in [-0.3, -0.25) is 0 Å². The van der Waals surface area contributed by atoms with Gasteiger partial charge in [0, 0.05) is 15.6 Å². The van der Waals surface area contributed by atoms with E-state index in [4.69, 9.17) is 4.74 Å². The maximum absolute atomic E-state index is 5.79. The predicted octanol–water partition coefficient (Wildman–Crippen LogP) is 5.07. The smallest absolute Gasteiger partial charge is 0.0767 e. The molecule has 0 bridgehead atoms. The second-order valence-corrected chi connectivity index (χ2v) is 6.93. The van der Waals surface area contributed by atoms with Gasteiger partial charge in [-0.25, -0.2) is 0 Å². The highest BCUT2D eigenvalue weighted by atomic mass is 79.9. The Kier molecular flexibility index (Phi) is 4.50. The molecule has 1 aliphatic rings. The summed E-state index contributed by atoms with van der Waals surface area (Å²) in [7, 11) is 0. The fourth-order valence-electron chi connectivity index (χ4n) is 1.99. The summed E-state index contributed by atoms with van der Waals surface area (Å²) >= 11 is 10.9. The van der Waals surface area contributed by atoms with E-state index in [2.05, 4.69) is 66.8 Å². The van der Waals surface area contributed by atoms with Crippen molar-refractivity contribution in [2.24, 2.45) is 5.92 Å². The highest BCUT2D eigenvalue weighted by molar-refractivity contribution is 9.11. The van der Waals surface area contributed by atoms with E-state index in [1.54, 1.807) is 0 Å². The molecule has 0 aromatic heterocycles. The Morgan fingerprint density at radius 1 is 1.38 bits per heavy atom. The molecule has 1 heterocycles. The summed E-state index contributed by atoms with van der Waals surface area (Å²) in [6.07, 6.45) is 1.42. The van der Waals surface area contributed by atoms with Crippen molar-refractivity contribution in [2.45, 2.75) is 24.3 Å². The molecule has 3 unspecified atom stereocenters. The second-order valence-electron chi connectivity index (χ2n) is 4.17. The molecule has 1 nitrogen and oxygen atoms in total. The van der Waals surface area contributed by atoms with Gasteiger partial charge in [0.2, 0.25) is 0 Å². The minimum absolute atomic E-state index is 0.247. The first kappa shape index (κ1) is 13.1. The third-order valence-corrected chi connectivity index (χ3v) is 5.22. The molecule has 1 aliphatic heterocycles. The molecule has 1 fully saturated rings. The molecule has 1 aromatic carbocycles. The maximum Gasteiger partial charge on any atom is 0.0767 e. The Bertz CT molecular complexity index is 381. The Morgan fingerprint density at radius 3 is 2.75 bits per heavy atom. The standard InChI is InChI=1S/C12H13Br3O/c1-7-4-5-16-12(7)11(15)9-6-8(13)2-3-10(9)14/h2-3,6-7,11-12H,4-5H2,1H3. The molecule has 16 heavy (non-hydrogen) atoms. The number of halogens is 3. The number of benzene rings is 1. The van der Waals surface area contributed by atoms with E-state index in [1.807, 2.05) is 6.07 Å². The van der Waals surface area contributed by atoms with Gasteiger partial charge in [-0.1, -0.05) is 54.7 Å². The van der Waals surface area contributed by atoms with Crippen LogP contribution in [0.1, 0.15) is 23.7 Å². The van der Waals surface area contributed by atoms with Gasteiger partial charge in [0.1, 0.15) is 0 Å². The average Bonchev–Trinajstić information content (AvgIpc) is 2.67. The van der Waals surface area contributed by atoms with Crippen LogP contribution in [-0.4, -0.2) is 12.7 Å². The first-order valence-electron chi connectivity index (χ1n) is 5.30. The number of hydrogen-bond donors (Lipinski definition) is 0. The fraction of sp³-hybridized carbons (Fsp3) is 0.500. The van der Waals surface area contributed by atoms with Crippen LogP contribution in [0, 0.1) is 5.92 Å². The van der Waals surface area contributed by atoms with Gasteiger partial charge < -0.3 is 4.74 Å². The third-order valence-electron chi connectivity index (χ3n) is 2.99. The van der Waals surface area contributed by atoms with Gasteiger partial charge in [0.05, 0.1) is 10.9 Å². The first-order chi connectivity index (χ1) is 7.59. The largest absolute Gasteiger partial charge is 0.376 e. The average molecular weight is 413 g/mol. The molecule has 0 radical (unpaired) electrons. The van der Waals surface area contributed by atoms with Gasteiger partial charge >= 0.3 is 0 Å². The van der Waals surface area contributed by atoms with E-state index in [0.717, 1.165) is 22.0 Å². The first-order valence-corrected chi connectivity index (χ1v) is 7.80. The zero-order chi connectivity index (χ0) is 11.7. The lowest BCUT2D eigenvalue weighted by Gasteiger charge is -2.22. The monoisotopic (exact) mass is 410 g/mol. The van der Waals surface area contributed by atoms with E-state index in [9.17, 15) is 0 Å². The molecule has 88 valence electrons. The van der Waals surface area contributed by atoms with Crippen LogP contribution in [0.2, 0.25) is 0 Å². The molecule has 0 saturated carbocycles. The number of ether oxygens (including phenoxy) is 1. The lowest BCUT2D eigenvalue weighted by Crippen LogP contribution is -2.19. The van der Waals surface area contributed by atoms with Crippen molar-refractivity contribution in [1.82, 2.24) is 0 Å². The zero-order valence-corrected chi connectivity index (χ0v) is 13.7. The molecule has 0 aliphatic carbocycles. The van der Waals surface area contributed by atoms with E-state index in [0.29, 0.717) is 5.92 Å². The normalized spacial score (nSPS) is 27.0. The van der Waals surface area contributed by atoms with E-state index < -0.39 is 0 Å². The molecule has 3 atom stereocenters. The number of alkyl halides is 1. The Balaban J connectivity index is 2.25. The van der Waals surface area contributed by atoms with Crippen molar-refractivity contribution in [3.8, 4) is 0 Å². The molecule has 2 rings (SSSR count). The topological polar surface area (TPSA) is 9.23 Å². The second kappa shape index (κ2) is 5.51. The summed E-state index contributed by atoms with van der Waals surface area (Å²) in [5.41, 5.74) is 1.24. The van der Waals surface area contributed by atoms with Crippen molar-refractivity contribution >= 4 is 47.8 Å². The minimum Gasteiger partial charge on any atom is -0.376 e. The minimum atomic E-state index is 0.247. The van der Waals surface area contributed by atoms with Crippen LogP contribution in [0.15, 0.2) is 27.1 Å². The van der Waals surface area contributed by atoms with E-state index >= 15 is 0 Å². The molecular formula is C12H13Br3O. The Morgan fingerprint density at radius 2 is 2.12 bits per heavy atom. The van der Waals surface area contributed by atoms with Crippen LogP contribution in [0.3, 0.4) is 0 Å². The van der Waals surface area contributed by atoms with Gasteiger partial charge in [0.25, 0.3) is 0 Å². The van der Waals surface area contributed by atoms with Crippen LogP contribution in [0.4, 0.5) is 0 Å². The summed E-state index contributed by atoms with van der Waals surface area (Å²) in [6, 6.07) is 6.23. The van der Waals surface area contributed by atoms with Gasteiger partial charge in [0.15, 0.2) is 0 Å². The van der Waals surface area contributed by atoms with Gasteiger partial charge in [-0.2, -0.15) is 0 Å². The molecule has 0 spiro atoms. The van der Waals surface area contributed by atoms with Crippen LogP contribution in [-0.2, 0) is 4.74 Å². The van der Waals surface area contributed by atoms with Crippen LogP contribution in [0.25, 0.3) is 0 Å². The van der Waals surface area contributed by atoms with E-state index in [1.165, 1.54) is 5.56 Å². The summed E-state index contributed by atoms with van der Waals surface area (Å²) in [5, 5.41) is 0. The molecule has 0 amide bonds. The van der Waals surface area contributed by atoms with Crippen LogP contribution >= 0.6 is 47.8 Å². The zero-order valence-electron chi connectivity index (χ0n) is 8.92. The summed E-state index contributed by atoms with van der Waals surface area (Å²) in [5.74, 6) is 0.607. The number of hydrogen-bond acceptors (Lipinski definition) is 1. The summed E-state index contributed by atoms with van der Waals surface area (Å²) in [4.78, 5) is 0.247. The lowest BCUT2D eigenvalue weighted by atomic mass is 9.97. The fourth-order valence-corrected chi connectivity index (χ4v) is 4.23. The van der Waals surface area contributed by atoms with Gasteiger partial charge in [-0.15, -0.1) is 0 Å². The van der Waals surface area contributed by atoms with Crippen molar-refractivity contribution in [2.75, 3.05) is 6.61 Å². The van der Waals surface area contributed by atoms with Gasteiger partial charge in [-0.05, 0) is 36.1 Å². The van der Waals surface area contributed by atoms with Crippen molar-refractivity contribution in [3.05, 3.63) is 32.7 Å². The van der Waals surface area contributed by atoms with Crippen LogP contribution < -0.4 is 0 Å².